The molecule has 0 saturated carbocycles. The molecule has 1 atom stereocenters. The van der Waals surface area contributed by atoms with Gasteiger partial charge in [-0.15, -0.1) is 0 Å². The van der Waals surface area contributed by atoms with E-state index in [0.717, 1.165) is 77.0 Å². The number of esters is 3. The van der Waals surface area contributed by atoms with Gasteiger partial charge in [-0.1, -0.05) is 198 Å². The third kappa shape index (κ3) is 44.3. The molecule has 0 bridgehead atoms. The first kappa shape index (κ1) is 54.4. The van der Waals surface area contributed by atoms with Crippen LogP contribution in [-0.4, -0.2) is 37.2 Å². The van der Waals surface area contributed by atoms with Gasteiger partial charge in [-0.25, -0.2) is 0 Å². The molecule has 0 aromatic carbocycles. The van der Waals surface area contributed by atoms with Gasteiger partial charge in [0.15, 0.2) is 6.10 Å². The highest BCUT2D eigenvalue weighted by atomic mass is 16.6. The number of ether oxygens (including phenoxy) is 3. The normalized spacial score (nSPS) is 12.4. The molecule has 0 aliphatic heterocycles. The van der Waals surface area contributed by atoms with Crippen molar-refractivity contribution in [1.29, 1.82) is 0 Å². The van der Waals surface area contributed by atoms with Gasteiger partial charge in [0.1, 0.15) is 13.2 Å². The van der Waals surface area contributed by atoms with Crippen LogP contribution in [0.15, 0.2) is 48.6 Å². The van der Waals surface area contributed by atoms with Crippen molar-refractivity contribution in [2.75, 3.05) is 13.2 Å². The van der Waals surface area contributed by atoms with Crippen molar-refractivity contribution in [2.45, 2.75) is 245 Å². The average Bonchev–Trinajstić information content (AvgIpc) is 3.21. The second-order valence-corrected chi connectivity index (χ2v) is 16.0. The van der Waals surface area contributed by atoms with Crippen molar-refractivity contribution in [1.82, 2.24) is 0 Å². The highest BCUT2D eigenvalue weighted by Gasteiger charge is 2.19. The van der Waals surface area contributed by atoms with Crippen LogP contribution in [0, 0.1) is 0 Å². The minimum Gasteiger partial charge on any atom is -0.462 e. The Balaban J connectivity index is 4.38. The monoisotopic (exact) mass is 799 g/mol. The van der Waals surface area contributed by atoms with Crippen LogP contribution < -0.4 is 0 Å². The van der Waals surface area contributed by atoms with E-state index in [1.165, 1.54) is 116 Å². The van der Waals surface area contributed by atoms with Gasteiger partial charge in [0.05, 0.1) is 0 Å². The first-order valence-corrected chi connectivity index (χ1v) is 24.1. The smallest absolute Gasteiger partial charge is 0.306 e. The zero-order valence-corrected chi connectivity index (χ0v) is 37.6. The lowest BCUT2D eigenvalue weighted by molar-refractivity contribution is -0.167. The molecule has 0 aromatic rings. The molecule has 57 heavy (non-hydrogen) atoms. The van der Waals surface area contributed by atoms with Crippen molar-refractivity contribution in [3.05, 3.63) is 48.6 Å². The lowest BCUT2D eigenvalue weighted by Gasteiger charge is -2.18. The fourth-order valence-corrected chi connectivity index (χ4v) is 6.70. The van der Waals surface area contributed by atoms with Crippen LogP contribution in [0.2, 0.25) is 0 Å². The van der Waals surface area contributed by atoms with E-state index < -0.39 is 6.10 Å². The molecule has 6 nitrogen and oxygen atoms in total. The lowest BCUT2D eigenvalue weighted by Crippen LogP contribution is -2.30. The predicted molar refractivity (Wildman–Crippen MR) is 242 cm³/mol. The van der Waals surface area contributed by atoms with Crippen LogP contribution >= 0.6 is 0 Å². The molecule has 0 radical (unpaired) electrons. The summed E-state index contributed by atoms with van der Waals surface area (Å²) in [6.45, 7) is 6.45. The quantitative estimate of drug-likeness (QED) is 0.0265. The Morgan fingerprint density at radius 1 is 0.368 bits per heavy atom. The molecule has 0 aromatic heterocycles. The summed E-state index contributed by atoms with van der Waals surface area (Å²) in [5, 5.41) is 0. The maximum atomic E-state index is 12.7. The number of rotatable bonds is 43. The summed E-state index contributed by atoms with van der Waals surface area (Å²) in [5.41, 5.74) is 0. The molecular weight excluding hydrogens is 709 g/mol. The topological polar surface area (TPSA) is 78.9 Å². The molecule has 0 aliphatic rings. The third-order valence-corrected chi connectivity index (χ3v) is 10.3. The van der Waals surface area contributed by atoms with Gasteiger partial charge in [-0.05, 0) is 70.6 Å². The van der Waals surface area contributed by atoms with E-state index in [1.54, 1.807) is 0 Å². The van der Waals surface area contributed by atoms with Crippen molar-refractivity contribution in [2.24, 2.45) is 0 Å². The van der Waals surface area contributed by atoms with Crippen LogP contribution in [-0.2, 0) is 28.6 Å². The van der Waals surface area contributed by atoms with Crippen molar-refractivity contribution >= 4 is 17.9 Å². The highest BCUT2D eigenvalue weighted by Crippen LogP contribution is 2.15. The largest absolute Gasteiger partial charge is 0.462 e. The fraction of sp³-hybridized carbons (Fsp3) is 0.784. The number of unbranched alkanes of at least 4 members (excludes halogenated alkanes) is 24. The summed E-state index contributed by atoms with van der Waals surface area (Å²) < 4.78 is 16.7. The van der Waals surface area contributed by atoms with Crippen molar-refractivity contribution < 1.29 is 28.6 Å². The van der Waals surface area contributed by atoms with Gasteiger partial charge in [-0.2, -0.15) is 0 Å². The molecule has 0 rings (SSSR count). The standard InChI is InChI=1S/C51H90O6/c1-4-7-10-13-16-19-22-24-25-26-27-30-32-35-38-41-44-50(53)56-47-48(46-55-49(52)43-40-37-34-31-28-21-18-15-12-9-6-3)57-51(54)45-42-39-36-33-29-23-20-17-14-11-8-5-2/h9,12,17-18,20-21,31,34,48H,4-8,10-11,13-16,19,22-30,32-33,35-47H2,1-3H3/b12-9-,20-17-,21-18-,34-31-. The first-order valence-electron chi connectivity index (χ1n) is 24.1. The number of hydrogen-bond donors (Lipinski definition) is 0. The van der Waals surface area contributed by atoms with E-state index in [2.05, 4.69) is 69.4 Å². The van der Waals surface area contributed by atoms with E-state index in [4.69, 9.17) is 14.2 Å². The van der Waals surface area contributed by atoms with E-state index in [-0.39, 0.29) is 37.5 Å². The molecular formula is C51H90O6. The molecule has 330 valence electrons. The molecule has 0 amide bonds. The minimum atomic E-state index is -0.792. The summed E-state index contributed by atoms with van der Waals surface area (Å²) in [5.74, 6) is -0.953. The first-order chi connectivity index (χ1) is 28.0. The van der Waals surface area contributed by atoms with Gasteiger partial charge in [0.25, 0.3) is 0 Å². The second-order valence-electron chi connectivity index (χ2n) is 16.0. The van der Waals surface area contributed by atoms with Crippen molar-refractivity contribution in [3.8, 4) is 0 Å². The maximum absolute atomic E-state index is 12.7. The Hall–Kier alpha value is -2.63. The second kappa shape index (κ2) is 46.1. The summed E-state index contributed by atoms with van der Waals surface area (Å²) >= 11 is 0. The Kier molecular flexibility index (Phi) is 43.9. The molecule has 0 spiro atoms. The predicted octanol–water partition coefficient (Wildman–Crippen LogP) is 15.5. The van der Waals surface area contributed by atoms with E-state index in [9.17, 15) is 14.4 Å². The zero-order chi connectivity index (χ0) is 41.5. The summed E-state index contributed by atoms with van der Waals surface area (Å²) in [6.07, 6.45) is 53.9. The van der Waals surface area contributed by atoms with Gasteiger partial charge in [-0.3, -0.25) is 14.4 Å². The summed E-state index contributed by atoms with van der Waals surface area (Å²) in [4.78, 5) is 37.8. The van der Waals surface area contributed by atoms with Crippen LogP contribution in [0.1, 0.15) is 239 Å². The van der Waals surface area contributed by atoms with E-state index >= 15 is 0 Å². The van der Waals surface area contributed by atoms with Gasteiger partial charge >= 0.3 is 17.9 Å². The van der Waals surface area contributed by atoms with Crippen LogP contribution in [0.4, 0.5) is 0 Å². The summed E-state index contributed by atoms with van der Waals surface area (Å²) in [7, 11) is 0. The van der Waals surface area contributed by atoms with Gasteiger partial charge in [0.2, 0.25) is 0 Å². The summed E-state index contributed by atoms with van der Waals surface area (Å²) in [6, 6.07) is 0. The molecule has 6 heteroatoms. The van der Waals surface area contributed by atoms with Crippen LogP contribution in [0.5, 0.6) is 0 Å². The molecule has 0 saturated heterocycles. The number of hydrogen-bond acceptors (Lipinski definition) is 6. The van der Waals surface area contributed by atoms with Gasteiger partial charge < -0.3 is 14.2 Å². The zero-order valence-electron chi connectivity index (χ0n) is 37.6. The average molecular weight is 799 g/mol. The van der Waals surface area contributed by atoms with Gasteiger partial charge in [0, 0.05) is 19.3 Å². The lowest BCUT2D eigenvalue weighted by atomic mass is 10.0. The molecule has 0 aliphatic carbocycles. The highest BCUT2D eigenvalue weighted by molar-refractivity contribution is 5.71. The molecule has 1 unspecified atom stereocenters. The SMILES string of the molecule is CC/C=C\C/C=C\C/C=C\CCCC(=O)OCC(COC(=O)CCCCCCCCCCCCCCCCCC)OC(=O)CCCCCCC/C=C\CCCCC. The van der Waals surface area contributed by atoms with Crippen LogP contribution in [0.25, 0.3) is 0 Å². The van der Waals surface area contributed by atoms with Crippen molar-refractivity contribution in [3.63, 3.8) is 0 Å². The molecule has 0 N–H and O–H groups in total. The molecule has 0 fully saturated rings. The minimum absolute atomic E-state index is 0.0901. The Labute approximate surface area is 352 Å². The molecule has 0 heterocycles. The number of carbonyl (C=O) groups excluding carboxylic acids is 3. The maximum Gasteiger partial charge on any atom is 0.306 e. The number of allylic oxidation sites excluding steroid dienone is 8. The van der Waals surface area contributed by atoms with Crippen LogP contribution in [0.3, 0.4) is 0 Å². The third-order valence-electron chi connectivity index (χ3n) is 10.3. The Morgan fingerprint density at radius 2 is 0.702 bits per heavy atom. The van der Waals surface area contributed by atoms with E-state index in [1.807, 2.05) is 0 Å². The number of carbonyl (C=O) groups is 3. The Morgan fingerprint density at radius 3 is 1.19 bits per heavy atom. The van der Waals surface area contributed by atoms with E-state index in [0.29, 0.717) is 19.3 Å². The Bertz CT molecular complexity index is 1010. The fourth-order valence-electron chi connectivity index (χ4n) is 6.70.